The third-order valence-electron chi connectivity index (χ3n) is 3.34. The predicted octanol–water partition coefficient (Wildman–Crippen LogP) is 2.90. The number of rotatable bonds is 5. The Morgan fingerprint density at radius 3 is 3.00 bits per heavy atom. The molecule has 0 saturated heterocycles. The fourth-order valence-corrected chi connectivity index (χ4v) is 2.23. The Morgan fingerprint density at radius 2 is 2.25 bits per heavy atom. The Labute approximate surface area is 97.8 Å². The molecule has 2 N–H and O–H groups in total. The molecular formula is C14H21NO. The first-order valence-electron chi connectivity index (χ1n) is 6.29. The van der Waals surface area contributed by atoms with Crippen molar-refractivity contribution >= 4 is 0 Å². The van der Waals surface area contributed by atoms with Gasteiger partial charge in [-0.1, -0.05) is 25.1 Å². The summed E-state index contributed by atoms with van der Waals surface area (Å²) in [6.45, 7) is 2.15. The van der Waals surface area contributed by atoms with Gasteiger partial charge in [-0.25, -0.2) is 0 Å². The molecule has 2 unspecified atom stereocenters. The van der Waals surface area contributed by atoms with Crippen LogP contribution in [0, 0.1) is 0 Å². The summed E-state index contributed by atoms with van der Waals surface area (Å²) in [5, 5.41) is 0. The van der Waals surface area contributed by atoms with Crippen LogP contribution in [-0.4, -0.2) is 12.1 Å². The summed E-state index contributed by atoms with van der Waals surface area (Å²) in [4.78, 5) is 0. The minimum Gasteiger partial charge on any atom is -0.490 e. The van der Waals surface area contributed by atoms with E-state index in [1.165, 1.54) is 12.0 Å². The van der Waals surface area contributed by atoms with Gasteiger partial charge >= 0.3 is 0 Å². The third kappa shape index (κ3) is 2.76. The number of benzene rings is 1. The van der Waals surface area contributed by atoms with Crippen molar-refractivity contribution in [3.8, 4) is 5.75 Å². The summed E-state index contributed by atoms with van der Waals surface area (Å²) in [7, 11) is 0. The molecule has 0 bridgehead atoms. The maximum atomic E-state index is 5.90. The smallest absolute Gasteiger partial charge is 0.123 e. The molecule has 0 aromatic heterocycles. The van der Waals surface area contributed by atoms with Gasteiger partial charge in [-0.15, -0.1) is 0 Å². The van der Waals surface area contributed by atoms with E-state index in [2.05, 4.69) is 25.1 Å². The van der Waals surface area contributed by atoms with Crippen LogP contribution in [0.3, 0.4) is 0 Å². The lowest BCUT2D eigenvalue weighted by Gasteiger charge is -2.12. The topological polar surface area (TPSA) is 35.2 Å². The van der Waals surface area contributed by atoms with E-state index in [1.54, 1.807) is 0 Å². The number of fused-ring (bicyclic) bond motifs is 1. The minimum atomic E-state index is 0.365. The molecule has 1 aliphatic rings. The quantitative estimate of drug-likeness (QED) is 0.826. The molecule has 2 atom stereocenters. The van der Waals surface area contributed by atoms with Gasteiger partial charge in [0.25, 0.3) is 0 Å². The van der Waals surface area contributed by atoms with Crippen LogP contribution in [-0.2, 0) is 6.42 Å². The van der Waals surface area contributed by atoms with Crippen molar-refractivity contribution in [1.82, 2.24) is 0 Å². The van der Waals surface area contributed by atoms with Gasteiger partial charge in [-0.3, -0.25) is 0 Å². The average Bonchev–Trinajstić information content (AvgIpc) is 2.71. The summed E-state index contributed by atoms with van der Waals surface area (Å²) < 4.78 is 5.88. The van der Waals surface area contributed by atoms with Gasteiger partial charge in [0.05, 0.1) is 0 Å². The molecule has 0 fully saturated rings. The van der Waals surface area contributed by atoms with Gasteiger partial charge in [0.15, 0.2) is 0 Å². The molecule has 1 aromatic carbocycles. The Hall–Kier alpha value is -1.02. The highest BCUT2D eigenvalue weighted by atomic mass is 16.5. The molecule has 16 heavy (non-hydrogen) atoms. The van der Waals surface area contributed by atoms with E-state index in [-0.39, 0.29) is 0 Å². The van der Waals surface area contributed by atoms with Crippen LogP contribution in [0.2, 0.25) is 0 Å². The van der Waals surface area contributed by atoms with Crippen molar-refractivity contribution in [3.05, 3.63) is 29.8 Å². The van der Waals surface area contributed by atoms with Crippen LogP contribution < -0.4 is 10.5 Å². The summed E-state index contributed by atoms with van der Waals surface area (Å²) in [6.07, 6.45) is 5.94. The average molecular weight is 219 g/mol. The van der Waals surface area contributed by atoms with Crippen molar-refractivity contribution < 1.29 is 4.74 Å². The Bertz CT molecular complexity index is 312. The largest absolute Gasteiger partial charge is 0.490 e. The predicted molar refractivity (Wildman–Crippen MR) is 66.7 cm³/mol. The van der Waals surface area contributed by atoms with E-state index in [1.807, 2.05) is 6.07 Å². The molecule has 0 aliphatic carbocycles. The Morgan fingerprint density at radius 1 is 1.44 bits per heavy atom. The van der Waals surface area contributed by atoms with Gasteiger partial charge in [-0.05, 0) is 37.3 Å². The fourth-order valence-electron chi connectivity index (χ4n) is 2.23. The van der Waals surface area contributed by atoms with Crippen molar-refractivity contribution in [3.63, 3.8) is 0 Å². The minimum absolute atomic E-state index is 0.365. The SMILES string of the molecule is CCC(N)CCCC1Cc2ccccc2O1. The fraction of sp³-hybridized carbons (Fsp3) is 0.571. The molecule has 0 saturated carbocycles. The van der Waals surface area contributed by atoms with Crippen LogP contribution in [0.1, 0.15) is 38.2 Å². The van der Waals surface area contributed by atoms with Gasteiger partial charge in [0.1, 0.15) is 11.9 Å². The van der Waals surface area contributed by atoms with Crippen LogP contribution in [0.4, 0.5) is 0 Å². The molecular weight excluding hydrogens is 198 g/mol. The number of ether oxygens (including phenoxy) is 1. The van der Waals surface area contributed by atoms with Gasteiger partial charge in [-0.2, -0.15) is 0 Å². The number of nitrogens with two attached hydrogens (primary N) is 1. The molecule has 1 aromatic rings. The second-order valence-corrected chi connectivity index (χ2v) is 4.65. The molecule has 1 heterocycles. The maximum absolute atomic E-state index is 5.90. The van der Waals surface area contributed by atoms with Gasteiger partial charge < -0.3 is 10.5 Å². The Balaban J connectivity index is 1.75. The first kappa shape index (κ1) is 11.5. The highest BCUT2D eigenvalue weighted by molar-refractivity contribution is 5.37. The van der Waals surface area contributed by atoms with E-state index < -0.39 is 0 Å². The first-order valence-corrected chi connectivity index (χ1v) is 6.29. The summed E-state index contributed by atoms with van der Waals surface area (Å²) in [6, 6.07) is 8.70. The molecule has 88 valence electrons. The van der Waals surface area contributed by atoms with E-state index in [4.69, 9.17) is 10.5 Å². The number of hydrogen-bond donors (Lipinski definition) is 1. The zero-order chi connectivity index (χ0) is 11.4. The van der Waals surface area contributed by atoms with Gasteiger partial charge in [0.2, 0.25) is 0 Å². The molecule has 0 radical (unpaired) electrons. The lowest BCUT2D eigenvalue weighted by atomic mass is 10.0. The highest BCUT2D eigenvalue weighted by Gasteiger charge is 2.21. The molecule has 2 heteroatoms. The van der Waals surface area contributed by atoms with E-state index >= 15 is 0 Å². The zero-order valence-corrected chi connectivity index (χ0v) is 9.99. The molecule has 0 amide bonds. The van der Waals surface area contributed by atoms with Gasteiger partial charge in [0, 0.05) is 12.5 Å². The maximum Gasteiger partial charge on any atom is 0.123 e. The monoisotopic (exact) mass is 219 g/mol. The molecule has 0 spiro atoms. The highest BCUT2D eigenvalue weighted by Crippen LogP contribution is 2.30. The lowest BCUT2D eigenvalue weighted by Crippen LogP contribution is -2.20. The van der Waals surface area contributed by atoms with Crippen molar-refractivity contribution in [2.75, 3.05) is 0 Å². The Kier molecular flexibility index (Phi) is 3.83. The van der Waals surface area contributed by atoms with E-state index in [0.29, 0.717) is 12.1 Å². The molecule has 2 nitrogen and oxygen atoms in total. The summed E-state index contributed by atoms with van der Waals surface area (Å²) in [5.74, 6) is 1.08. The number of para-hydroxylation sites is 1. The van der Waals surface area contributed by atoms with Crippen LogP contribution in [0.15, 0.2) is 24.3 Å². The first-order chi connectivity index (χ1) is 7.79. The van der Waals surface area contributed by atoms with Crippen molar-refractivity contribution in [2.45, 2.75) is 51.2 Å². The zero-order valence-electron chi connectivity index (χ0n) is 9.99. The second-order valence-electron chi connectivity index (χ2n) is 4.65. The molecule has 1 aliphatic heterocycles. The normalized spacial score (nSPS) is 20.2. The summed E-state index contributed by atoms with van der Waals surface area (Å²) in [5.41, 5.74) is 7.26. The van der Waals surface area contributed by atoms with Crippen molar-refractivity contribution in [1.29, 1.82) is 0 Å². The lowest BCUT2D eigenvalue weighted by molar-refractivity contribution is 0.215. The standard InChI is InChI=1S/C14H21NO/c1-2-12(15)7-5-8-13-10-11-6-3-4-9-14(11)16-13/h3-4,6,9,12-13H,2,5,7-8,10,15H2,1H3. The summed E-state index contributed by atoms with van der Waals surface area (Å²) >= 11 is 0. The van der Waals surface area contributed by atoms with Crippen molar-refractivity contribution in [2.24, 2.45) is 5.73 Å². The molecule has 2 rings (SSSR count). The number of hydrogen-bond acceptors (Lipinski definition) is 2. The van der Waals surface area contributed by atoms with E-state index in [9.17, 15) is 0 Å². The van der Waals surface area contributed by atoms with E-state index in [0.717, 1.165) is 31.4 Å². The third-order valence-corrected chi connectivity index (χ3v) is 3.34. The van der Waals surface area contributed by atoms with Crippen LogP contribution in [0.25, 0.3) is 0 Å². The van der Waals surface area contributed by atoms with Crippen LogP contribution in [0.5, 0.6) is 5.75 Å². The second kappa shape index (κ2) is 5.35. The van der Waals surface area contributed by atoms with Crippen LogP contribution >= 0.6 is 0 Å².